The van der Waals surface area contributed by atoms with E-state index in [-0.39, 0.29) is 24.6 Å². The first-order valence-electron chi connectivity index (χ1n) is 14.3. The smallest absolute Gasteiger partial charge is 0.312 e. The second kappa shape index (κ2) is 14.2. The van der Waals surface area contributed by atoms with Crippen LogP contribution in [0.1, 0.15) is 42.1 Å². The molecule has 4 aromatic rings. The highest BCUT2D eigenvalue weighted by Gasteiger charge is 2.35. The second-order valence-corrected chi connectivity index (χ2v) is 10.4. The number of nitrogens with zero attached hydrogens (tertiary/aromatic N) is 1. The number of para-hydroxylation sites is 1. The molecule has 230 valence electrons. The van der Waals surface area contributed by atoms with Crippen molar-refractivity contribution in [3.63, 3.8) is 0 Å². The number of amides is 2. The number of esters is 2. The lowest BCUT2D eigenvalue weighted by Crippen LogP contribution is -2.53. The van der Waals surface area contributed by atoms with Crippen molar-refractivity contribution in [2.24, 2.45) is 0 Å². The van der Waals surface area contributed by atoms with Crippen molar-refractivity contribution in [2.45, 2.75) is 39.6 Å². The van der Waals surface area contributed by atoms with Gasteiger partial charge in [0, 0.05) is 32.5 Å². The molecule has 1 N–H and O–H groups in total. The molecule has 0 aliphatic carbocycles. The molecular weight excluding hydrogens is 576 g/mol. The SMILES string of the molecule is CC(=O)Oc1cccc(C2CN(Cc3ccc(OCc4ccccc4)c(OCc4ccccc4)c3)C(=O)C(=O)N2)c1OC(C)=O. The number of hydrogen-bond acceptors (Lipinski definition) is 8. The zero-order chi connectivity index (χ0) is 31.8. The topological polar surface area (TPSA) is 120 Å². The highest BCUT2D eigenvalue weighted by molar-refractivity contribution is 6.35. The fraction of sp³-hybridized carbons (Fsp3) is 0.200. The van der Waals surface area contributed by atoms with E-state index in [1.807, 2.05) is 66.7 Å². The zero-order valence-corrected chi connectivity index (χ0v) is 24.9. The second-order valence-electron chi connectivity index (χ2n) is 10.4. The minimum absolute atomic E-state index is 0.00341. The van der Waals surface area contributed by atoms with Crippen molar-refractivity contribution < 1.29 is 38.1 Å². The summed E-state index contributed by atoms with van der Waals surface area (Å²) in [5.41, 5.74) is 3.06. The number of nitrogens with one attached hydrogen (secondary N) is 1. The van der Waals surface area contributed by atoms with Crippen LogP contribution < -0.4 is 24.3 Å². The summed E-state index contributed by atoms with van der Waals surface area (Å²) >= 11 is 0. The largest absolute Gasteiger partial charge is 0.485 e. The summed E-state index contributed by atoms with van der Waals surface area (Å²) in [7, 11) is 0. The Morgan fingerprint density at radius 3 is 1.96 bits per heavy atom. The maximum atomic E-state index is 13.0. The summed E-state index contributed by atoms with van der Waals surface area (Å²) < 4.78 is 22.9. The molecule has 10 heteroatoms. The summed E-state index contributed by atoms with van der Waals surface area (Å²) in [6, 6.07) is 28.8. The van der Waals surface area contributed by atoms with Crippen molar-refractivity contribution in [1.82, 2.24) is 10.2 Å². The van der Waals surface area contributed by atoms with Gasteiger partial charge in [-0.05, 0) is 34.9 Å². The summed E-state index contributed by atoms with van der Waals surface area (Å²) in [5, 5.41) is 2.68. The third kappa shape index (κ3) is 8.05. The Kier molecular flexibility index (Phi) is 9.74. The number of carbonyl (C=O) groups excluding carboxylic acids is 4. The van der Waals surface area contributed by atoms with Gasteiger partial charge in [0.05, 0.1) is 6.04 Å². The lowest BCUT2D eigenvalue weighted by atomic mass is 10.0. The van der Waals surface area contributed by atoms with Gasteiger partial charge in [-0.2, -0.15) is 0 Å². The molecule has 1 saturated heterocycles. The molecule has 1 fully saturated rings. The van der Waals surface area contributed by atoms with Gasteiger partial charge < -0.3 is 29.2 Å². The lowest BCUT2D eigenvalue weighted by Gasteiger charge is -2.33. The molecule has 1 aliphatic rings. The molecule has 1 unspecified atom stereocenters. The summed E-state index contributed by atoms with van der Waals surface area (Å²) in [4.78, 5) is 50.8. The number of piperazine rings is 1. The van der Waals surface area contributed by atoms with Crippen molar-refractivity contribution >= 4 is 23.8 Å². The standard InChI is InChI=1S/C35H32N2O8/c1-23(38)44-31-15-9-14-28(33(31)45-24(2)39)29-20-37(35(41)34(40)36-29)19-27-16-17-30(42-21-25-10-5-3-6-11-25)32(18-27)43-22-26-12-7-4-8-13-26/h3-18,29H,19-22H2,1-2H3,(H,36,40). The Balaban J connectivity index is 1.39. The highest BCUT2D eigenvalue weighted by atomic mass is 16.6. The summed E-state index contributed by atoms with van der Waals surface area (Å²) in [6.45, 7) is 3.24. The van der Waals surface area contributed by atoms with Gasteiger partial charge in [-0.3, -0.25) is 19.2 Å². The number of benzene rings is 4. The number of rotatable bonds is 11. The molecule has 2 amide bonds. The van der Waals surface area contributed by atoms with Crippen molar-refractivity contribution in [3.8, 4) is 23.0 Å². The van der Waals surface area contributed by atoms with Crippen molar-refractivity contribution in [3.05, 3.63) is 119 Å². The molecule has 0 saturated carbocycles. The highest BCUT2D eigenvalue weighted by Crippen LogP contribution is 2.37. The van der Waals surface area contributed by atoms with Gasteiger partial charge in [0.1, 0.15) is 13.2 Å². The molecule has 10 nitrogen and oxygen atoms in total. The maximum Gasteiger partial charge on any atom is 0.312 e. The van der Waals surface area contributed by atoms with E-state index in [0.29, 0.717) is 35.8 Å². The first-order valence-corrected chi connectivity index (χ1v) is 14.3. The van der Waals surface area contributed by atoms with E-state index in [2.05, 4.69) is 5.32 Å². The van der Waals surface area contributed by atoms with Gasteiger partial charge in [-0.15, -0.1) is 0 Å². The van der Waals surface area contributed by atoms with Gasteiger partial charge in [0.15, 0.2) is 23.0 Å². The van der Waals surface area contributed by atoms with Crippen molar-refractivity contribution in [2.75, 3.05) is 6.54 Å². The van der Waals surface area contributed by atoms with E-state index < -0.39 is 29.8 Å². The average molecular weight is 609 g/mol. The van der Waals surface area contributed by atoms with Crippen LogP contribution in [0.25, 0.3) is 0 Å². The fourth-order valence-electron chi connectivity index (χ4n) is 4.89. The van der Waals surface area contributed by atoms with Gasteiger partial charge in [0.2, 0.25) is 0 Å². The normalized spacial score (nSPS) is 14.4. The van der Waals surface area contributed by atoms with Crippen LogP contribution in [-0.4, -0.2) is 35.2 Å². The van der Waals surface area contributed by atoms with Crippen molar-refractivity contribution in [1.29, 1.82) is 0 Å². The number of hydrogen-bond donors (Lipinski definition) is 1. The van der Waals surface area contributed by atoms with E-state index in [1.165, 1.54) is 24.8 Å². The summed E-state index contributed by atoms with van der Waals surface area (Å²) in [6.07, 6.45) is 0. The molecule has 5 rings (SSSR count). The third-order valence-electron chi connectivity index (χ3n) is 6.93. The molecule has 0 radical (unpaired) electrons. The Morgan fingerprint density at radius 2 is 1.33 bits per heavy atom. The predicted molar refractivity (Wildman–Crippen MR) is 163 cm³/mol. The quantitative estimate of drug-likeness (QED) is 0.145. The average Bonchev–Trinajstić information content (AvgIpc) is 3.03. The van der Waals surface area contributed by atoms with Crippen LogP contribution >= 0.6 is 0 Å². The number of ether oxygens (including phenoxy) is 4. The molecule has 0 bridgehead atoms. The molecule has 0 aromatic heterocycles. The van der Waals surface area contributed by atoms with Crippen LogP contribution in [-0.2, 0) is 38.9 Å². The van der Waals surface area contributed by atoms with Crippen LogP contribution in [0.5, 0.6) is 23.0 Å². The van der Waals surface area contributed by atoms with E-state index in [0.717, 1.165) is 11.1 Å². The van der Waals surface area contributed by atoms with Crippen LogP contribution in [0.15, 0.2) is 97.1 Å². The monoisotopic (exact) mass is 608 g/mol. The molecular formula is C35H32N2O8. The van der Waals surface area contributed by atoms with Crippen LogP contribution in [0, 0.1) is 0 Å². The Bertz CT molecular complexity index is 1690. The third-order valence-corrected chi connectivity index (χ3v) is 6.93. The molecule has 0 spiro atoms. The van der Waals surface area contributed by atoms with Gasteiger partial charge in [-0.25, -0.2) is 0 Å². The maximum absolute atomic E-state index is 13.0. The molecule has 1 aliphatic heterocycles. The Morgan fingerprint density at radius 1 is 0.711 bits per heavy atom. The van der Waals surface area contributed by atoms with Crippen LogP contribution in [0.4, 0.5) is 0 Å². The Hall–Kier alpha value is -5.64. The van der Waals surface area contributed by atoms with E-state index in [1.54, 1.807) is 24.3 Å². The fourth-order valence-corrected chi connectivity index (χ4v) is 4.89. The first-order chi connectivity index (χ1) is 21.8. The molecule has 1 heterocycles. The van der Waals surface area contributed by atoms with Crippen LogP contribution in [0.3, 0.4) is 0 Å². The first kappa shape index (κ1) is 30.8. The number of carbonyl (C=O) groups is 4. The minimum Gasteiger partial charge on any atom is -0.485 e. The molecule has 4 aromatic carbocycles. The van der Waals surface area contributed by atoms with Gasteiger partial charge in [0.25, 0.3) is 0 Å². The van der Waals surface area contributed by atoms with Crippen LogP contribution in [0.2, 0.25) is 0 Å². The van der Waals surface area contributed by atoms with E-state index in [4.69, 9.17) is 18.9 Å². The minimum atomic E-state index is -0.818. The molecule has 1 atom stereocenters. The summed E-state index contributed by atoms with van der Waals surface area (Å²) in [5.74, 6) is -1.73. The van der Waals surface area contributed by atoms with Gasteiger partial charge >= 0.3 is 23.8 Å². The zero-order valence-electron chi connectivity index (χ0n) is 24.9. The van der Waals surface area contributed by atoms with Gasteiger partial charge in [-0.1, -0.05) is 78.9 Å². The molecule has 45 heavy (non-hydrogen) atoms. The Labute approximate surface area is 260 Å². The van der Waals surface area contributed by atoms with E-state index in [9.17, 15) is 19.2 Å². The van der Waals surface area contributed by atoms with E-state index >= 15 is 0 Å². The predicted octanol–water partition coefficient (Wildman–Crippen LogP) is 4.89. The lowest BCUT2D eigenvalue weighted by molar-refractivity contribution is -0.150.